The van der Waals surface area contributed by atoms with Crippen LogP contribution >= 0.6 is 0 Å². The average molecular weight is 1580 g/mol. The molecule has 2 aromatic heterocycles. The number of hydrogen-bond donors (Lipinski definition) is 2. The molecule has 0 saturated carbocycles. The molecule has 2 rings (SSSR count). The van der Waals surface area contributed by atoms with Crippen LogP contribution in [0.2, 0.25) is 0 Å². The van der Waals surface area contributed by atoms with Crippen molar-refractivity contribution in [2.75, 3.05) is 13.2 Å². The van der Waals surface area contributed by atoms with Gasteiger partial charge in [0.05, 0.1) is 26.1 Å². The second kappa shape index (κ2) is 731. The van der Waals surface area contributed by atoms with Crippen molar-refractivity contribution in [3.63, 3.8) is 0 Å². The maximum Gasteiger partial charge on any atom is 4.00 e. The van der Waals surface area contributed by atoms with Crippen LogP contribution in [0.1, 0.15) is 11.4 Å². The van der Waals surface area contributed by atoms with Crippen molar-refractivity contribution in [2.24, 2.45) is 0 Å². The Morgan fingerprint density at radius 2 is 0.375 bits per heavy atom. The topological polar surface area (TPSA) is 1320 Å². The van der Waals surface area contributed by atoms with Gasteiger partial charge in [-0.2, -0.15) is 0 Å². The second-order valence-corrected chi connectivity index (χ2v) is 3.72. The van der Waals surface area contributed by atoms with Gasteiger partial charge < -0.3 is 240 Å². The number of aromatic nitrogens is 2. The molecule has 0 amide bonds. The van der Waals surface area contributed by atoms with Crippen LogP contribution in [-0.4, -0.2) is 45.3 Å². The van der Waals surface area contributed by atoms with E-state index in [-0.39, 0.29) is 463 Å². The summed E-state index contributed by atoms with van der Waals surface area (Å²) in [4.78, 5) is 6.02. The van der Waals surface area contributed by atoms with E-state index in [4.69, 9.17) is 10.2 Å². The number of aliphatic hydroxyl groups is 2. The molecule has 2 heterocycles. The monoisotopic (exact) mass is 1580 g/mol. The van der Waals surface area contributed by atoms with Gasteiger partial charge in [0, 0.05) is 133 Å². The molecule has 42 N–H and O–H groups in total. The summed E-state index contributed by atoms with van der Waals surface area (Å²) in [5.74, 6) is 0. The first kappa shape index (κ1) is 910. The van der Waals surface area contributed by atoms with Gasteiger partial charge in [-0.3, -0.25) is 0 Å². The maximum atomic E-state index is 8.50. The fraction of sp³-hybridized carbons (Fsp3) is 0.286. The Balaban J connectivity index is -0.000000000989. The molecule has 58 heteroatoms. The Bertz CT molecular complexity index is 461. The molecule has 72 heavy (non-hydrogen) atoms. The predicted octanol–water partition coefficient (Wildman–Crippen LogP) is -15.8. The molecule has 0 unspecified atom stereocenters. The zero-order valence-corrected chi connectivity index (χ0v) is 51.1. The Morgan fingerprint density at radius 3 is 0.444 bits per heavy atom. The first-order chi connectivity index (χ1) is 8.86. The number of hydrogen-bond acceptors (Lipinski definition) is 2. The average Bonchev–Trinajstić information content (AvgIpc) is 2.43. The number of aromatic amines is 2. The fourth-order valence-corrected chi connectivity index (χ4v) is 1.41. The standard InChI is InChI=1S/2C7H9NO.2Mn.14H2O.28O.10V/c2*9-6-4-7-3-1-2-5-8-7;;;;;;;;;;;;;;;;;;;;;;;;;;;;;;;;;;;;;;;;;;;;;;;;;;;;;;/h2*1-3,5,9H,4,6H2;;;14*1H2;;;;;;;;;;;;;;;;;;;;;;;;;;;;;;;;;;;;;;/q;;;;;;;;;;;;;;;;;;28*-2;;;;;6*+4/p+12. The van der Waals surface area contributed by atoms with E-state index in [1.807, 2.05) is 48.8 Å². The van der Waals surface area contributed by atoms with Crippen LogP contribution in [0.4, 0.5) is 0 Å². The summed E-state index contributed by atoms with van der Waals surface area (Å²) in [6.45, 7) is 0.418. The quantitative estimate of drug-likeness (QED) is 0.223. The molecule has 0 aliphatic carbocycles. The maximum absolute atomic E-state index is 8.50. The number of nitrogens with one attached hydrogen (secondary N) is 2. The third-order valence-electron chi connectivity index (χ3n) is 2.31. The van der Waals surface area contributed by atoms with Crippen LogP contribution in [0.3, 0.4) is 0 Å². The molecular weight excluding hydrogens is 1520 g/mol. The third kappa shape index (κ3) is 596. The Labute approximate surface area is 550 Å². The largest absolute Gasteiger partial charge is 4.00 e. The molecule has 0 aromatic carbocycles. The van der Waals surface area contributed by atoms with Crippen molar-refractivity contribution in [2.45, 2.75) is 12.8 Å². The van der Waals surface area contributed by atoms with E-state index >= 15 is 0 Å². The summed E-state index contributed by atoms with van der Waals surface area (Å²) in [7, 11) is 0. The molecule has 0 saturated heterocycles. The van der Waals surface area contributed by atoms with Gasteiger partial charge in [0.1, 0.15) is 0 Å². The van der Waals surface area contributed by atoms with Gasteiger partial charge in [0.2, 0.25) is 0 Å². The van der Waals surface area contributed by atoms with E-state index in [9.17, 15) is 0 Å². The molecule has 0 spiro atoms. The molecule has 0 atom stereocenters. The van der Waals surface area contributed by atoms with Crippen molar-refractivity contribution >= 4 is 0 Å². The number of H-pyrrole nitrogens is 2. The van der Waals surface area contributed by atoms with Gasteiger partial charge in [-0.05, 0) is 0 Å². The van der Waals surface area contributed by atoms with E-state index in [2.05, 4.69) is 9.97 Å². The number of aliphatic hydroxyl groups excluding tert-OH is 2. The van der Waals surface area contributed by atoms with Crippen molar-refractivity contribution in [1.29, 1.82) is 0 Å². The van der Waals surface area contributed by atoms with Crippen LogP contribution in [0, 0.1) is 0 Å². The minimum atomic E-state index is 0. The van der Waals surface area contributed by atoms with Gasteiger partial charge in [0.15, 0.2) is 23.8 Å². The first-order valence-electron chi connectivity index (χ1n) is 5.99. The molecule has 0 aliphatic heterocycles. The van der Waals surface area contributed by atoms with E-state index < -0.39 is 0 Å². The van der Waals surface area contributed by atoms with Crippen LogP contribution in [0.5, 0.6) is 0 Å². The van der Waals surface area contributed by atoms with Gasteiger partial charge in [-0.25, -0.2) is 9.97 Å². The second-order valence-electron chi connectivity index (χ2n) is 3.72. The van der Waals surface area contributed by atoms with Gasteiger partial charge >= 0.3 is 111 Å². The molecule has 0 fully saturated rings. The van der Waals surface area contributed by atoms with Crippen LogP contribution in [-0.2, 0) is 441 Å². The van der Waals surface area contributed by atoms with Gasteiger partial charge in [-0.15, -0.1) is 0 Å². The van der Waals surface area contributed by atoms with Crippen molar-refractivity contribution in [3.8, 4) is 0 Å². The summed E-state index contributed by atoms with van der Waals surface area (Å²) in [5, 5.41) is 17.0. The van der Waals surface area contributed by atoms with Crippen molar-refractivity contribution < 1.29 is 470 Å². The third-order valence-corrected chi connectivity index (χ3v) is 2.31. The zero-order chi connectivity index (χ0) is 13.1. The van der Waals surface area contributed by atoms with Crippen LogP contribution in [0.25, 0.3) is 0 Å². The van der Waals surface area contributed by atoms with E-state index in [0.29, 0.717) is 12.8 Å². The summed E-state index contributed by atoms with van der Waals surface area (Å²) in [6, 6.07) is 11.6. The Morgan fingerprint density at radius 1 is 0.264 bits per heavy atom. The molecule has 2 aromatic rings. The van der Waals surface area contributed by atoms with Crippen LogP contribution in [0.15, 0.2) is 48.8 Å². The summed E-state index contributed by atoms with van der Waals surface area (Å²) >= 11 is 0. The fourth-order valence-electron chi connectivity index (χ4n) is 1.41. The molecule has 0 bridgehead atoms. The minimum absolute atomic E-state index is 0. The normalized spacial score (nSPS) is 2.36. The first-order valence-corrected chi connectivity index (χ1v) is 5.99. The number of pyridine rings is 2. The van der Waals surface area contributed by atoms with Crippen molar-refractivity contribution in [3.05, 3.63) is 60.2 Å². The Kier molecular flexibility index (Phi) is 9240. The number of rotatable bonds is 4. The van der Waals surface area contributed by atoms with Crippen molar-refractivity contribution in [1.82, 2.24) is 0 Å². The zero-order valence-electron chi connectivity index (χ0n) is 34.8. The smallest absolute Gasteiger partial charge is 2.00 e. The minimum Gasteiger partial charge on any atom is -2.00 e. The molecular formula is C14H58Mn2N2O44V10-20. The molecule has 12 radical (unpaired) electrons. The summed E-state index contributed by atoms with van der Waals surface area (Å²) in [6.07, 6.45) is 5.12. The summed E-state index contributed by atoms with van der Waals surface area (Å²) in [5.41, 5.74) is 2.14. The SMILES string of the molecule is O.O.O.O.OCCc1cccc[nH+]1.OCCc1cccc[nH+]1.[Mn].[Mn].[O-2].[O-2].[O-2].[O-2].[O-2].[O-2].[O-2].[O-2].[O-2].[O-2].[O-2].[O-2].[O-2].[O-2].[O-2].[O-2].[O-2].[O-2].[O-2].[O-2].[O-2].[O-2].[O-2].[O-2].[O-2].[O-2].[O-2].[O-2].[OH3+].[OH3+].[OH3+].[OH3+].[OH3+].[OH3+].[OH3+].[OH3+].[OH3+].[OH3+].[V+4].[V+4].[V+4].[V+4].[V+4].[V+4].[V].[V].[V].[V]. The van der Waals surface area contributed by atoms with E-state index in [0.717, 1.165) is 11.4 Å². The van der Waals surface area contributed by atoms with Gasteiger partial charge in [-0.1, -0.05) is 12.1 Å². The molecule has 0 aliphatic rings. The van der Waals surface area contributed by atoms with E-state index in [1.165, 1.54) is 0 Å². The van der Waals surface area contributed by atoms with Crippen LogP contribution < -0.4 is 9.97 Å². The molecule has 472 valence electrons. The Hall–Kier alpha value is 3.42. The summed E-state index contributed by atoms with van der Waals surface area (Å²) < 4.78 is 0. The van der Waals surface area contributed by atoms with Gasteiger partial charge in [0.25, 0.3) is 0 Å². The molecule has 46 nitrogen and oxygen atoms in total. The van der Waals surface area contributed by atoms with E-state index in [1.54, 1.807) is 0 Å². The predicted molar refractivity (Wildman–Crippen MR) is 150 cm³/mol.